The van der Waals surface area contributed by atoms with Gasteiger partial charge in [0.05, 0.1) is 16.3 Å². The van der Waals surface area contributed by atoms with Gasteiger partial charge in [0.2, 0.25) is 5.91 Å². The van der Waals surface area contributed by atoms with Crippen LogP contribution in [0.3, 0.4) is 0 Å². The Balaban J connectivity index is 1.46. The van der Waals surface area contributed by atoms with Gasteiger partial charge in [-0.25, -0.2) is 14.4 Å². The molecular weight excluding hydrogens is 395 g/mol. The van der Waals surface area contributed by atoms with Crippen LogP contribution in [0.5, 0.6) is 0 Å². The Hall–Kier alpha value is -1.77. The molecule has 2 aromatic heterocycles. The van der Waals surface area contributed by atoms with Gasteiger partial charge in [0, 0.05) is 24.1 Å². The maximum Gasteiger partial charge on any atom is 0.234 e. The third-order valence-corrected chi connectivity index (χ3v) is 6.30. The van der Waals surface area contributed by atoms with Crippen molar-refractivity contribution in [2.45, 2.75) is 10.5 Å². The van der Waals surface area contributed by atoms with E-state index in [1.807, 2.05) is 0 Å². The Kier molecular flexibility index (Phi) is 5.06. The van der Waals surface area contributed by atoms with E-state index in [0.29, 0.717) is 27.9 Å². The average Bonchev–Trinajstić information content (AvgIpc) is 3.26. The van der Waals surface area contributed by atoms with E-state index in [-0.39, 0.29) is 22.9 Å². The Morgan fingerprint density at radius 1 is 1.46 bits per heavy atom. The molecule has 0 radical (unpaired) electrons. The number of aromatic amines is 1. The molecule has 9 heteroatoms. The van der Waals surface area contributed by atoms with Gasteiger partial charge in [-0.05, 0) is 12.1 Å². The number of carbonyl (C=O) groups is 1. The number of carbonyl (C=O) groups excluding carboxylic acids is 1. The van der Waals surface area contributed by atoms with Crippen molar-refractivity contribution in [3.8, 4) is 0 Å². The molecule has 1 aromatic carbocycles. The summed E-state index contributed by atoms with van der Waals surface area (Å²) in [5, 5.41) is 0.855. The van der Waals surface area contributed by atoms with Gasteiger partial charge in [0.25, 0.3) is 0 Å². The van der Waals surface area contributed by atoms with Gasteiger partial charge in [-0.3, -0.25) is 4.79 Å². The molecule has 1 atom stereocenters. The number of hydrogen-bond donors (Lipinski definition) is 1. The summed E-state index contributed by atoms with van der Waals surface area (Å²) in [4.78, 5) is 26.0. The SMILES string of the molecule is O=C(CSc1nc2ncc(Cl)cc2[nH]1)N1CCS[C@H]1c1ccccc1F. The fourth-order valence-corrected chi connectivity index (χ4v) is 5.01. The van der Waals surface area contributed by atoms with Gasteiger partial charge >= 0.3 is 0 Å². The summed E-state index contributed by atoms with van der Waals surface area (Å²) < 4.78 is 14.1. The fourth-order valence-electron chi connectivity index (χ4n) is 2.79. The van der Waals surface area contributed by atoms with E-state index >= 15 is 0 Å². The van der Waals surface area contributed by atoms with E-state index in [9.17, 15) is 9.18 Å². The van der Waals surface area contributed by atoms with Crippen molar-refractivity contribution in [2.75, 3.05) is 18.1 Å². The molecule has 1 saturated heterocycles. The minimum Gasteiger partial charge on any atom is -0.331 e. The topological polar surface area (TPSA) is 61.9 Å². The standard InChI is InChI=1S/C17H14ClFN4OS2/c18-10-7-13-15(20-8-10)22-17(21-13)26-9-14(24)23-5-6-25-16(23)11-3-1-2-4-12(11)19/h1-4,7-8,16H,5-6,9H2,(H,20,21,22)/t16-/m0/s1. The normalized spacial score (nSPS) is 17.2. The van der Waals surface area contributed by atoms with E-state index in [4.69, 9.17) is 11.6 Å². The second-order valence-electron chi connectivity index (χ2n) is 5.69. The number of benzene rings is 1. The number of thioether (sulfide) groups is 2. The van der Waals surface area contributed by atoms with Crippen molar-refractivity contribution in [1.82, 2.24) is 19.9 Å². The van der Waals surface area contributed by atoms with Crippen molar-refractivity contribution in [3.63, 3.8) is 0 Å². The van der Waals surface area contributed by atoms with Gasteiger partial charge in [0.1, 0.15) is 11.2 Å². The summed E-state index contributed by atoms with van der Waals surface area (Å²) in [6, 6.07) is 8.36. The summed E-state index contributed by atoms with van der Waals surface area (Å²) in [5.74, 6) is 0.693. The molecule has 26 heavy (non-hydrogen) atoms. The van der Waals surface area contributed by atoms with Crippen molar-refractivity contribution >= 4 is 52.2 Å². The highest BCUT2D eigenvalue weighted by Gasteiger charge is 2.32. The van der Waals surface area contributed by atoms with E-state index in [1.54, 1.807) is 40.9 Å². The first-order valence-corrected chi connectivity index (χ1v) is 10.3. The number of nitrogens with zero attached hydrogens (tertiary/aromatic N) is 3. The van der Waals surface area contributed by atoms with Crippen molar-refractivity contribution in [3.05, 3.63) is 52.9 Å². The van der Waals surface area contributed by atoms with Crippen molar-refractivity contribution < 1.29 is 9.18 Å². The number of pyridine rings is 1. The molecule has 4 rings (SSSR count). The van der Waals surface area contributed by atoms with Gasteiger partial charge in [0.15, 0.2) is 10.8 Å². The summed E-state index contributed by atoms with van der Waals surface area (Å²) in [6.07, 6.45) is 1.53. The van der Waals surface area contributed by atoms with Crippen LogP contribution >= 0.6 is 35.1 Å². The molecule has 3 heterocycles. The van der Waals surface area contributed by atoms with Crippen molar-refractivity contribution in [1.29, 1.82) is 0 Å². The lowest BCUT2D eigenvalue weighted by atomic mass is 10.2. The number of nitrogens with one attached hydrogen (secondary N) is 1. The molecule has 0 unspecified atom stereocenters. The van der Waals surface area contributed by atoms with Crippen LogP contribution in [-0.2, 0) is 4.79 Å². The highest BCUT2D eigenvalue weighted by atomic mass is 35.5. The predicted octanol–water partition coefficient (Wildman–Crippen LogP) is 4.12. The van der Waals surface area contributed by atoms with E-state index < -0.39 is 0 Å². The molecule has 134 valence electrons. The number of fused-ring (bicyclic) bond motifs is 1. The predicted molar refractivity (Wildman–Crippen MR) is 103 cm³/mol. The Morgan fingerprint density at radius 3 is 3.15 bits per heavy atom. The number of aromatic nitrogens is 3. The Bertz CT molecular complexity index is 967. The van der Waals surface area contributed by atoms with Gasteiger partial charge in [-0.2, -0.15) is 0 Å². The lowest BCUT2D eigenvalue weighted by molar-refractivity contribution is -0.128. The van der Waals surface area contributed by atoms with Crippen LogP contribution in [0.1, 0.15) is 10.9 Å². The second kappa shape index (κ2) is 7.46. The zero-order valence-electron chi connectivity index (χ0n) is 13.5. The molecule has 3 aromatic rings. The first-order valence-electron chi connectivity index (χ1n) is 7.91. The Labute approximate surface area is 162 Å². The molecule has 0 spiro atoms. The van der Waals surface area contributed by atoms with Crippen molar-refractivity contribution in [2.24, 2.45) is 0 Å². The largest absolute Gasteiger partial charge is 0.331 e. The second-order valence-corrected chi connectivity index (χ2v) is 8.28. The molecule has 0 aliphatic carbocycles. The zero-order valence-corrected chi connectivity index (χ0v) is 15.9. The molecule has 1 amide bonds. The number of hydrogen-bond acceptors (Lipinski definition) is 5. The fraction of sp³-hybridized carbons (Fsp3) is 0.235. The van der Waals surface area contributed by atoms with E-state index in [2.05, 4.69) is 15.0 Å². The van der Waals surface area contributed by atoms with Gasteiger partial charge in [-0.1, -0.05) is 41.6 Å². The lowest BCUT2D eigenvalue weighted by Crippen LogP contribution is -2.32. The quantitative estimate of drug-likeness (QED) is 0.658. The minimum absolute atomic E-state index is 0.0419. The molecule has 1 N–H and O–H groups in total. The highest BCUT2D eigenvalue weighted by Crippen LogP contribution is 2.39. The third kappa shape index (κ3) is 3.54. The van der Waals surface area contributed by atoms with Crippen LogP contribution < -0.4 is 0 Å². The molecule has 0 saturated carbocycles. The van der Waals surface area contributed by atoms with Gasteiger partial charge in [-0.15, -0.1) is 11.8 Å². The maximum atomic E-state index is 14.1. The molecule has 1 fully saturated rings. The van der Waals surface area contributed by atoms with Crippen LogP contribution in [-0.4, -0.2) is 43.8 Å². The first kappa shape index (κ1) is 17.6. The van der Waals surface area contributed by atoms with Crippen LogP contribution in [0.25, 0.3) is 11.2 Å². The monoisotopic (exact) mass is 408 g/mol. The van der Waals surface area contributed by atoms with Gasteiger partial charge < -0.3 is 9.88 Å². The average molecular weight is 409 g/mol. The highest BCUT2D eigenvalue weighted by molar-refractivity contribution is 8.00. The van der Waals surface area contributed by atoms with Crippen LogP contribution in [0.2, 0.25) is 5.02 Å². The summed E-state index contributed by atoms with van der Waals surface area (Å²) in [6.45, 7) is 0.611. The van der Waals surface area contributed by atoms with Crippen LogP contribution in [0.15, 0.2) is 41.7 Å². The number of halogens is 2. The smallest absolute Gasteiger partial charge is 0.234 e. The minimum atomic E-state index is -0.280. The number of imidazole rings is 1. The molecule has 0 bridgehead atoms. The molecule has 5 nitrogen and oxygen atoms in total. The number of rotatable bonds is 4. The molecule has 1 aliphatic heterocycles. The van der Waals surface area contributed by atoms with Crippen LogP contribution in [0.4, 0.5) is 4.39 Å². The number of H-pyrrole nitrogens is 1. The summed E-state index contributed by atoms with van der Waals surface area (Å²) in [5.41, 5.74) is 1.84. The van der Waals surface area contributed by atoms with E-state index in [0.717, 1.165) is 11.3 Å². The maximum absolute atomic E-state index is 14.1. The lowest BCUT2D eigenvalue weighted by Gasteiger charge is -2.24. The van der Waals surface area contributed by atoms with Crippen LogP contribution in [0, 0.1) is 5.82 Å². The third-order valence-electron chi connectivity index (χ3n) is 4.00. The first-order chi connectivity index (χ1) is 12.6. The molecule has 1 aliphatic rings. The van der Waals surface area contributed by atoms with E-state index in [1.165, 1.54) is 24.0 Å². The zero-order chi connectivity index (χ0) is 18.1. The summed E-state index contributed by atoms with van der Waals surface area (Å²) >= 11 is 8.80. The number of amides is 1. The summed E-state index contributed by atoms with van der Waals surface area (Å²) in [7, 11) is 0. The Morgan fingerprint density at radius 2 is 2.31 bits per heavy atom. The molecular formula is C17H14ClFN4OS2.